The zero-order valence-corrected chi connectivity index (χ0v) is 13.3. The van der Waals surface area contributed by atoms with Gasteiger partial charge in [0.25, 0.3) is 0 Å². The highest BCUT2D eigenvalue weighted by molar-refractivity contribution is 9.11. The standard InChI is InChI=1S/C15H7Br2N3/c16-9-5-8-6-11-10-3-1-2-4-13(10)19-20-15(11)18-14(8)12(17)7-9/h1-7H. The van der Waals surface area contributed by atoms with Gasteiger partial charge in [-0.15, -0.1) is 10.2 Å². The number of rotatable bonds is 0. The normalized spacial score (nSPS) is 11.5. The molecule has 0 fully saturated rings. The molecular weight excluding hydrogens is 382 g/mol. The number of nitrogens with zero attached hydrogens (tertiary/aromatic N) is 3. The highest BCUT2D eigenvalue weighted by atomic mass is 79.9. The molecule has 0 radical (unpaired) electrons. The Hall–Kier alpha value is -1.59. The first-order valence-corrected chi connectivity index (χ1v) is 7.62. The van der Waals surface area contributed by atoms with E-state index in [4.69, 9.17) is 0 Å². The molecule has 0 unspecified atom stereocenters. The molecule has 0 aliphatic rings. The third kappa shape index (κ3) is 1.81. The Morgan fingerprint density at radius 1 is 0.850 bits per heavy atom. The SMILES string of the molecule is Brc1cc(Br)c2nc3nnc4ccccc4c3cc2c1. The predicted octanol–water partition coefficient (Wildman–Crippen LogP) is 4.86. The molecule has 4 aromatic rings. The minimum Gasteiger partial charge on any atom is -0.225 e. The smallest absolute Gasteiger partial charge is 0.183 e. The first kappa shape index (κ1) is 12.2. The second kappa shape index (κ2) is 4.46. The number of pyridine rings is 1. The molecule has 2 aromatic carbocycles. The van der Waals surface area contributed by atoms with Gasteiger partial charge < -0.3 is 0 Å². The number of aromatic nitrogens is 3. The summed E-state index contributed by atoms with van der Waals surface area (Å²) in [6, 6.07) is 14.1. The lowest BCUT2D eigenvalue weighted by Gasteiger charge is -2.05. The van der Waals surface area contributed by atoms with Gasteiger partial charge in [0.1, 0.15) is 0 Å². The number of fused-ring (bicyclic) bond motifs is 4. The van der Waals surface area contributed by atoms with Gasteiger partial charge in [-0.2, -0.15) is 0 Å². The third-order valence-electron chi connectivity index (χ3n) is 3.26. The van der Waals surface area contributed by atoms with Gasteiger partial charge in [0.2, 0.25) is 0 Å². The second-order valence-corrected chi connectivity index (χ2v) is 6.31. The van der Waals surface area contributed by atoms with Crippen LogP contribution in [0, 0.1) is 0 Å². The molecule has 2 heterocycles. The Kier molecular flexibility index (Phi) is 2.72. The van der Waals surface area contributed by atoms with Gasteiger partial charge in [-0.3, -0.25) is 0 Å². The molecule has 0 saturated heterocycles. The van der Waals surface area contributed by atoms with Gasteiger partial charge in [0.15, 0.2) is 5.65 Å². The van der Waals surface area contributed by atoms with Crippen molar-refractivity contribution in [1.29, 1.82) is 0 Å². The van der Waals surface area contributed by atoms with E-state index in [0.717, 1.165) is 36.1 Å². The summed E-state index contributed by atoms with van der Waals surface area (Å²) in [5.74, 6) is 0. The maximum atomic E-state index is 4.63. The van der Waals surface area contributed by atoms with Crippen molar-refractivity contribution in [2.24, 2.45) is 0 Å². The lowest BCUT2D eigenvalue weighted by Crippen LogP contribution is -1.91. The van der Waals surface area contributed by atoms with Crippen LogP contribution in [0.15, 0.2) is 51.4 Å². The average molecular weight is 389 g/mol. The van der Waals surface area contributed by atoms with E-state index in [2.05, 4.69) is 59.2 Å². The van der Waals surface area contributed by atoms with Crippen molar-refractivity contribution in [3.63, 3.8) is 0 Å². The predicted molar refractivity (Wildman–Crippen MR) is 87.7 cm³/mol. The zero-order valence-electron chi connectivity index (χ0n) is 10.1. The van der Waals surface area contributed by atoms with E-state index >= 15 is 0 Å². The summed E-state index contributed by atoms with van der Waals surface area (Å²) in [5.41, 5.74) is 2.44. The summed E-state index contributed by atoms with van der Waals surface area (Å²) in [6.45, 7) is 0. The number of benzene rings is 2. The molecule has 3 nitrogen and oxygen atoms in total. The Morgan fingerprint density at radius 2 is 1.70 bits per heavy atom. The van der Waals surface area contributed by atoms with E-state index in [1.807, 2.05) is 30.3 Å². The van der Waals surface area contributed by atoms with Crippen LogP contribution in [-0.2, 0) is 0 Å². The number of hydrogen-bond donors (Lipinski definition) is 0. The van der Waals surface area contributed by atoms with Crippen LogP contribution >= 0.6 is 31.9 Å². The number of halogens is 2. The van der Waals surface area contributed by atoms with Crippen LogP contribution in [0.3, 0.4) is 0 Å². The zero-order chi connectivity index (χ0) is 13.7. The van der Waals surface area contributed by atoms with Crippen molar-refractivity contribution in [1.82, 2.24) is 15.2 Å². The third-order valence-corrected chi connectivity index (χ3v) is 4.33. The summed E-state index contributed by atoms with van der Waals surface area (Å²) in [6.07, 6.45) is 0. The van der Waals surface area contributed by atoms with E-state index < -0.39 is 0 Å². The molecule has 5 heteroatoms. The van der Waals surface area contributed by atoms with Gasteiger partial charge >= 0.3 is 0 Å². The molecule has 96 valence electrons. The lowest BCUT2D eigenvalue weighted by atomic mass is 10.1. The first-order valence-electron chi connectivity index (χ1n) is 6.03. The first-order chi connectivity index (χ1) is 9.72. The van der Waals surface area contributed by atoms with Gasteiger partial charge in [-0.25, -0.2) is 4.98 Å². The Bertz CT molecular complexity index is 983. The van der Waals surface area contributed by atoms with Crippen LogP contribution in [-0.4, -0.2) is 15.2 Å². The molecule has 0 amide bonds. The van der Waals surface area contributed by atoms with Crippen LogP contribution in [0.4, 0.5) is 0 Å². The highest BCUT2D eigenvalue weighted by Crippen LogP contribution is 2.30. The molecule has 0 N–H and O–H groups in total. The van der Waals surface area contributed by atoms with E-state index in [9.17, 15) is 0 Å². The summed E-state index contributed by atoms with van der Waals surface area (Å²) in [7, 11) is 0. The van der Waals surface area contributed by atoms with Crippen LogP contribution < -0.4 is 0 Å². The molecule has 0 aliphatic carbocycles. The fourth-order valence-electron chi connectivity index (χ4n) is 2.36. The van der Waals surface area contributed by atoms with Gasteiger partial charge in [0, 0.05) is 25.1 Å². The molecule has 0 atom stereocenters. The topological polar surface area (TPSA) is 38.7 Å². The van der Waals surface area contributed by atoms with Crippen LogP contribution in [0.1, 0.15) is 0 Å². The Labute approximate surface area is 131 Å². The van der Waals surface area contributed by atoms with Crippen LogP contribution in [0.25, 0.3) is 32.8 Å². The summed E-state index contributed by atoms with van der Waals surface area (Å²) >= 11 is 7.05. The largest absolute Gasteiger partial charge is 0.225 e. The quantitative estimate of drug-likeness (QED) is 0.319. The monoisotopic (exact) mass is 387 g/mol. The molecule has 4 rings (SSSR count). The van der Waals surface area contributed by atoms with Crippen molar-refractivity contribution in [3.05, 3.63) is 51.4 Å². The maximum Gasteiger partial charge on any atom is 0.183 e. The molecule has 0 aliphatic heterocycles. The fraction of sp³-hybridized carbons (Fsp3) is 0. The maximum absolute atomic E-state index is 4.63. The number of hydrogen-bond acceptors (Lipinski definition) is 3. The van der Waals surface area contributed by atoms with Crippen molar-refractivity contribution in [3.8, 4) is 0 Å². The van der Waals surface area contributed by atoms with Gasteiger partial charge in [-0.05, 0) is 40.2 Å². The lowest BCUT2D eigenvalue weighted by molar-refractivity contribution is 1.10. The molecule has 0 bridgehead atoms. The van der Waals surface area contributed by atoms with Crippen molar-refractivity contribution in [2.75, 3.05) is 0 Å². The van der Waals surface area contributed by atoms with Crippen LogP contribution in [0.2, 0.25) is 0 Å². The molecule has 2 aromatic heterocycles. The molecule has 0 spiro atoms. The minimum atomic E-state index is 0.666. The minimum absolute atomic E-state index is 0.666. The summed E-state index contributed by atoms with van der Waals surface area (Å²) in [4.78, 5) is 4.63. The molecular formula is C15H7Br2N3. The van der Waals surface area contributed by atoms with E-state index in [0.29, 0.717) is 5.65 Å². The van der Waals surface area contributed by atoms with Gasteiger partial charge in [0.05, 0.1) is 11.0 Å². The van der Waals surface area contributed by atoms with E-state index in [1.165, 1.54) is 0 Å². The van der Waals surface area contributed by atoms with Crippen LogP contribution in [0.5, 0.6) is 0 Å². The Balaban J connectivity index is 2.24. The average Bonchev–Trinajstić information content (AvgIpc) is 2.45. The van der Waals surface area contributed by atoms with Gasteiger partial charge in [-0.1, -0.05) is 34.1 Å². The van der Waals surface area contributed by atoms with Crippen molar-refractivity contribution < 1.29 is 0 Å². The fourth-order valence-corrected chi connectivity index (χ4v) is 3.71. The highest BCUT2D eigenvalue weighted by Gasteiger charge is 2.09. The van der Waals surface area contributed by atoms with E-state index in [-0.39, 0.29) is 0 Å². The summed E-state index contributed by atoms with van der Waals surface area (Å²) in [5, 5.41) is 11.6. The van der Waals surface area contributed by atoms with Crippen molar-refractivity contribution in [2.45, 2.75) is 0 Å². The van der Waals surface area contributed by atoms with E-state index in [1.54, 1.807) is 0 Å². The van der Waals surface area contributed by atoms with Crippen molar-refractivity contribution >= 4 is 64.7 Å². The Morgan fingerprint density at radius 3 is 2.60 bits per heavy atom. The second-order valence-electron chi connectivity index (χ2n) is 4.54. The molecule has 20 heavy (non-hydrogen) atoms. The summed E-state index contributed by atoms with van der Waals surface area (Å²) < 4.78 is 1.96. The molecule has 0 saturated carbocycles.